The number of hydrogen-bond acceptors (Lipinski definition) is 3. The molecule has 2 rings (SSSR count). The van der Waals surface area contributed by atoms with E-state index in [1.807, 2.05) is 10.8 Å². The molecule has 5 heteroatoms. The van der Waals surface area contributed by atoms with Crippen molar-refractivity contribution in [2.45, 2.75) is 6.42 Å². The van der Waals surface area contributed by atoms with Crippen LogP contribution in [0.4, 0.5) is 5.69 Å². The molecule has 0 aliphatic heterocycles. The molecule has 74 valence electrons. The minimum absolute atomic E-state index is 0.184. The van der Waals surface area contributed by atoms with Gasteiger partial charge >= 0.3 is 5.97 Å². The maximum absolute atomic E-state index is 11.4. The molecule has 0 bridgehead atoms. The van der Waals surface area contributed by atoms with Crippen molar-refractivity contribution in [1.82, 2.24) is 0 Å². The van der Waals surface area contributed by atoms with E-state index in [0.717, 1.165) is 5.69 Å². The predicted molar refractivity (Wildman–Crippen MR) is 52.2 cm³/mol. The third kappa shape index (κ3) is 1.77. The van der Waals surface area contributed by atoms with E-state index in [4.69, 9.17) is 5.11 Å². The Hall–Kier alpha value is -1.36. The van der Waals surface area contributed by atoms with Crippen molar-refractivity contribution in [2.24, 2.45) is 11.8 Å². The van der Waals surface area contributed by atoms with Crippen molar-refractivity contribution >= 4 is 28.9 Å². The number of rotatable bonds is 3. The number of aliphatic carboxylic acids is 1. The van der Waals surface area contributed by atoms with E-state index in [9.17, 15) is 9.59 Å². The van der Waals surface area contributed by atoms with E-state index in [2.05, 4.69) is 5.32 Å². The first-order chi connectivity index (χ1) is 6.68. The van der Waals surface area contributed by atoms with Crippen LogP contribution < -0.4 is 5.32 Å². The molecule has 1 aromatic heterocycles. The number of carboxylic acid groups (broad SMARTS) is 1. The van der Waals surface area contributed by atoms with Crippen LogP contribution in [0, 0.1) is 11.8 Å². The largest absolute Gasteiger partial charge is 0.481 e. The molecule has 1 aromatic rings. The van der Waals surface area contributed by atoms with Crippen LogP contribution in [0.2, 0.25) is 0 Å². The zero-order valence-corrected chi connectivity index (χ0v) is 8.08. The molecule has 2 unspecified atom stereocenters. The van der Waals surface area contributed by atoms with Gasteiger partial charge in [0, 0.05) is 5.38 Å². The van der Waals surface area contributed by atoms with Crippen LogP contribution >= 0.6 is 11.3 Å². The molecule has 1 fully saturated rings. The van der Waals surface area contributed by atoms with Crippen molar-refractivity contribution < 1.29 is 14.7 Å². The fraction of sp³-hybridized carbons (Fsp3) is 0.333. The van der Waals surface area contributed by atoms with Crippen molar-refractivity contribution in [3.8, 4) is 0 Å². The van der Waals surface area contributed by atoms with Gasteiger partial charge in [-0.3, -0.25) is 9.59 Å². The lowest BCUT2D eigenvalue weighted by molar-refractivity contribution is -0.139. The SMILES string of the molecule is O=C(O)C1CC1C(=O)Nc1ccsc1. The van der Waals surface area contributed by atoms with E-state index in [1.165, 1.54) is 11.3 Å². The second-order valence-electron chi connectivity index (χ2n) is 3.29. The number of amides is 1. The van der Waals surface area contributed by atoms with Gasteiger partial charge in [-0.1, -0.05) is 0 Å². The van der Waals surface area contributed by atoms with Crippen molar-refractivity contribution in [3.05, 3.63) is 16.8 Å². The first-order valence-corrected chi connectivity index (χ1v) is 5.18. The highest BCUT2D eigenvalue weighted by Gasteiger charge is 2.48. The lowest BCUT2D eigenvalue weighted by atomic mass is 10.3. The molecule has 14 heavy (non-hydrogen) atoms. The van der Waals surface area contributed by atoms with Crippen LogP contribution in [0.15, 0.2) is 16.8 Å². The molecule has 1 aliphatic carbocycles. The van der Waals surface area contributed by atoms with Crippen LogP contribution in [-0.2, 0) is 9.59 Å². The highest BCUT2D eigenvalue weighted by Crippen LogP contribution is 2.39. The molecule has 0 spiro atoms. The van der Waals surface area contributed by atoms with Gasteiger partial charge in [0.2, 0.25) is 5.91 Å². The van der Waals surface area contributed by atoms with Gasteiger partial charge in [-0.2, -0.15) is 11.3 Å². The molecule has 0 radical (unpaired) electrons. The molecule has 4 nitrogen and oxygen atoms in total. The minimum atomic E-state index is -0.879. The number of nitrogens with one attached hydrogen (secondary N) is 1. The fourth-order valence-electron chi connectivity index (χ4n) is 1.33. The van der Waals surface area contributed by atoms with Crippen molar-refractivity contribution in [3.63, 3.8) is 0 Å². The molecular weight excluding hydrogens is 202 g/mol. The van der Waals surface area contributed by atoms with Crippen LogP contribution in [0.3, 0.4) is 0 Å². The third-order valence-electron chi connectivity index (χ3n) is 2.23. The molecular formula is C9H9NO3S. The van der Waals surface area contributed by atoms with Gasteiger partial charge in [-0.25, -0.2) is 0 Å². The molecule has 0 aromatic carbocycles. The number of carbonyl (C=O) groups is 2. The van der Waals surface area contributed by atoms with Gasteiger partial charge in [0.15, 0.2) is 0 Å². The lowest BCUT2D eigenvalue weighted by Crippen LogP contribution is -2.16. The number of carboxylic acids is 1. The van der Waals surface area contributed by atoms with Crippen molar-refractivity contribution in [1.29, 1.82) is 0 Å². The highest BCUT2D eigenvalue weighted by atomic mass is 32.1. The van der Waals surface area contributed by atoms with E-state index in [1.54, 1.807) is 6.07 Å². The molecule has 1 aliphatic rings. The summed E-state index contributed by atoms with van der Waals surface area (Å²) >= 11 is 1.49. The Balaban J connectivity index is 1.90. The van der Waals surface area contributed by atoms with E-state index in [0.29, 0.717) is 6.42 Å². The third-order valence-corrected chi connectivity index (χ3v) is 2.92. The number of carbonyl (C=O) groups excluding carboxylic acids is 1. The molecule has 1 heterocycles. The summed E-state index contributed by atoms with van der Waals surface area (Å²) in [4.78, 5) is 21.9. The summed E-state index contributed by atoms with van der Waals surface area (Å²) in [5.41, 5.74) is 0.746. The van der Waals surface area contributed by atoms with E-state index in [-0.39, 0.29) is 11.8 Å². The van der Waals surface area contributed by atoms with Crippen LogP contribution in [-0.4, -0.2) is 17.0 Å². The van der Waals surface area contributed by atoms with Crippen LogP contribution in [0.5, 0.6) is 0 Å². The first kappa shape index (κ1) is 9.21. The molecule has 2 atom stereocenters. The molecule has 1 amide bonds. The monoisotopic (exact) mass is 211 g/mol. The van der Waals surface area contributed by atoms with Crippen molar-refractivity contribution in [2.75, 3.05) is 5.32 Å². The second kappa shape index (κ2) is 3.42. The average molecular weight is 211 g/mol. The van der Waals surface area contributed by atoms with E-state index >= 15 is 0 Å². The Morgan fingerprint density at radius 3 is 2.79 bits per heavy atom. The summed E-state index contributed by atoms with van der Waals surface area (Å²) in [5, 5.41) is 15.0. The van der Waals surface area contributed by atoms with Gasteiger partial charge in [-0.15, -0.1) is 0 Å². The Morgan fingerprint density at radius 2 is 2.29 bits per heavy atom. The molecule has 2 N–H and O–H groups in total. The number of anilines is 1. The van der Waals surface area contributed by atoms with Gasteiger partial charge in [0.25, 0.3) is 0 Å². The molecule has 1 saturated carbocycles. The Morgan fingerprint density at radius 1 is 1.50 bits per heavy atom. The maximum atomic E-state index is 11.4. The summed E-state index contributed by atoms with van der Waals surface area (Å²) in [6.07, 6.45) is 0.464. The summed E-state index contributed by atoms with van der Waals surface area (Å²) in [6.45, 7) is 0. The Labute approximate surface area is 84.6 Å². The lowest BCUT2D eigenvalue weighted by Gasteiger charge is -1.99. The predicted octanol–water partition coefficient (Wildman–Crippen LogP) is 1.41. The van der Waals surface area contributed by atoms with E-state index < -0.39 is 11.9 Å². The normalized spacial score (nSPS) is 24.3. The average Bonchev–Trinajstić information content (AvgIpc) is 2.80. The standard InChI is InChI=1S/C9H9NO3S/c11-8(6-3-7(6)9(12)13)10-5-1-2-14-4-5/h1-2,4,6-7H,3H2,(H,10,11)(H,12,13). The fourth-order valence-corrected chi connectivity index (χ4v) is 1.92. The molecule has 0 saturated heterocycles. The van der Waals surface area contributed by atoms with Gasteiger partial charge in [0.05, 0.1) is 17.5 Å². The van der Waals surface area contributed by atoms with Gasteiger partial charge in [0.1, 0.15) is 0 Å². The topological polar surface area (TPSA) is 66.4 Å². The van der Waals surface area contributed by atoms with Crippen LogP contribution in [0.25, 0.3) is 0 Å². The number of thiophene rings is 1. The van der Waals surface area contributed by atoms with Gasteiger partial charge < -0.3 is 10.4 Å². The minimum Gasteiger partial charge on any atom is -0.481 e. The second-order valence-corrected chi connectivity index (χ2v) is 4.07. The smallest absolute Gasteiger partial charge is 0.307 e. The highest BCUT2D eigenvalue weighted by molar-refractivity contribution is 7.08. The quantitative estimate of drug-likeness (QED) is 0.794. The zero-order chi connectivity index (χ0) is 10.1. The Kier molecular flexibility index (Phi) is 2.25. The van der Waals surface area contributed by atoms with Crippen LogP contribution in [0.1, 0.15) is 6.42 Å². The zero-order valence-electron chi connectivity index (χ0n) is 7.27. The summed E-state index contributed by atoms with van der Waals surface area (Å²) in [7, 11) is 0. The van der Waals surface area contributed by atoms with Gasteiger partial charge in [-0.05, 0) is 17.9 Å². The first-order valence-electron chi connectivity index (χ1n) is 4.24. The number of hydrogen-bond donors (Lipinski definition) is 2. The summed E-state index contributed by atoms with van der Waals surface area (Å²) < 4.78 is 0. The summed E-state index contributed by atoms with van der Waals surface area (Å²) in [6, 6.07) is 1.79. The maximum Gasteiger partial charge on any atom is 0.307 e. The Bertz CT molecular complexity index is 360. The summed E-state index contributed by atoms with van der Waals surface area (Å²) in [5.74, 6) is -1.88.